The highest BCUT2D eigenvalue weighted by Crippen LogP contribution is 2.31. The minimum absolute atomic E-state index is 0. The second-order valence-electron chi connectivity index (χ2n) is 8.91. The van der Waals surface area contributed by atoms with E-state index < -0.39 is 0 Å². The fourth-order valence-electron chi connectivity index (χ4n) is 5.04. The van der Waals surface area contributed by atoms with Gasteiger partial charge in [0, 0.05) is 51.0 Å². The predicted octanol–water partition coefficient (Wildman–Crippen LogP) is 3.86. The topological polar surface area (TPSA) is 57.3 Å². The molecule has 3 unspecified atom stereocenters. The number of hydrogen-bond acceptors (Lipinski definition) is 4. The van der Waals surface area contributed by atoms with E-state index in [-0.39, 0.29) is 30.7 Å². The second-order valence-corrected chi connectivity index (χ2v) is 8.91. The van der Waals surface area contributed by atoms with Crippen LogP contribution in [0.5, 0.6) is 0 Å². The Labute approximate surface area is 204 Å². The molecule has 2 aliphatic heterocycles. The van der Waals surface area contributed by atoms with Crippen molar-refractivity contribution < 1.29 is 4.79 Å². The number of nitrogens with zero attached hydrogens (tertiary/aromatic N) is 2. The number of carbonyl (C=O) groups excluding carboxylic acids is 1. The number of amides is 1. The van der Waals surface area contributed by atoms with Crippen LogP contribution in [0.4, 0.5) is 0 Å². The molecule has 2 aliphatic rings. The van der Waals surface area contributed by atoms with Crippen LogP contribution in [0.25, 0.3) is 0 Å². The van der Waals surface area contributed by atoms with Crippen molar-refractivity contribution in [2.45, 2.75) is 44.7 Å². The minimum Gasteiger partial charge on any atom is -0.356 e. The number of carbonyl (C=O) groups is 1. The lowest BCUT2D eigenvalue weighted by Crippen LogP contribution is -2.55. The molecule has 0 spiro atoms. The lowest BCUT2D eigenvalue weighted by atomic mass is 9.79. The molecule has 1 aromatic heterocycles. The number of halogens is 2. The van der Waals surface area contributed by atoms with E-state index in [0.29, 0.717) is 24.9 Å². The second kappa shape index (κ2) is 13.8. The molecule has 5 nitrogen and oxygen atoms in total. The fourth-order valence-corrected chi connectivity index (χ4v) is 5.04. The molecule has 4 rings (SSSR count). The summed E-state index contributed by atoms with van der Waals surface area (Å²) in [5.41, 5.74) is 2.57. The van der Waals surface area contributed by atoms with E-state index in [9.17, 15) is 4.79 Å². The van der Waals surface area contributed by atoms with Gasteiger partial charge in [-0.1, -0.05) is 36.4 Å². The molecule has 32 heavy (non-hydrogen) atoms. The zero-order chi connectivity index (χ0) is 20.6. The Bertz CT molecular complexity index is 793. The summed E-state index contributed by atoms with van der Waals surface area (Å²) in [5.74, 6) is 1.64. The molecule has 7 heteroatoms. The van der Waals surface area contributed by atoms with Crippen LogP contribution in [0.2, 0.25) is 0 Å². The zero-order valence-corrected chi connectivity index (χ0v) is 20.3. The molecule has 0 saturated carbocycles. The van der Waals surface area contributed by atoms with Crippen molar-refractivity contribution in [1.29, 1.82) is 0 Å². The minimum atomic E-state index is 0. The Kier molecular flexibility index (Phi) is 11.5. The maximum atomic E-state index is 12.2. The molecule has 3 heterocycles. The van der Waals surface area contributed by atoms with Crippen molar-refractivity contribution in [3.8, 4) is 0 Å². The van der Waals surface area contributed by atoms with E-state index in [2.05, 4.69) is 50.8 Å². The third-order valence-corrected chi connectivity index (χ3v) is 6.51. The number of piperidine rings is 2. The number of pyridine rings is 1. The summed E-state index contributed by atoms with van der Waals surface area (Å²) in [7, 11) is 0. The van der Waals surface area contributed by atoms with Gasteiger partial charge in [-0.2, -0.15) is 0 Å². The van der Waals surface area contributed by atoms with E-state index in [1.807, 2.05) is 18.3 Å². The molecular weight excluding hydrogens is 443 g/mol. The van der Waals surface area contributed by atoms with Crippen molar-refractivity contribution in [3.63, 3.8) is 0 Å². The summed E-state index contributed by atoms with van der Waals surface area (Å²) in [6.07, 6.45) is 8.47. The van der Waals surface area contributed by atoms with Crippen LogP contribution in [0.3, 0.4) is 0 Å². The molecule has 2 saturated heterocycles. The lowest BCUT2D eigenvalue weighted by molar-refractivity contribution is -0.121. The molecule has 176 valence electrons. The number of likely N-dealkylation sites (tertiary alicyclic amines) is 1. The van der Waals surface area contributed by atoms with Crippen LogP contribution in [0.1, 0.15) is 36.8 Å². The number of rotatable bonds is 9. The molecule has 0 aliphatic carbocycles. The molecule has 2 aromatic rings. The first kappa shape index (κ1) is 26.6. The van der Waals surface area contributed by atoms with Crippen molar-refractivity contribution >= 4 is 30.7 Å². The van der Waals surface area contributed by atoms with Gasteiger partial charge in [0.2, 0.25) is 5.91 Å². The van der Waals surface area contributed by atoms with Gasteiger partial charge in [-0.15, -0.1) is 24.8 Å². The maximum Gasteiger partial charge on any atom is 0.220 e. The summed E-state index contributed by atoms with van der Waals surface area (Å²) >= 11 is 0. The normalized spacial score (nSPS) is 22.3. The van der Waals surface area contributed by atoms with E-state index in [0.717, 1.165) is 43.8 Å². The predicted molar refractivity (Wildman–Crippen MR) is 134 cm³/mol. The van der Waals surface area contributed by atoms with Crippen LogP contribution in [0.15, 0.2) is 54.9 Å². The third kappa shape index (κ3) is 8.04. The van der Waals surface area contributed by atoms with Crippen LogP contribution < -0.4 is 10.6 Å². The highest BCUT2D eigenvalue weighted by molar-refractivity contribution is 5.85. The third-order valence-electron chi connectivity index (χ3n) is 6.51. The molecule has 1 amide bonds. The molecule has 2 N–H and O–H groups in total. The van der Waals surface area contributed by atoms with Gasteiger partial charge in [-0.05, 0) is 61.3 Å². The van der Waals surface area contributed by atoms with E-state index >= 15 is 0 Å². The average molecular weight is 479 g/mol. The Hall–Kier alpha value is -1.66. The van der Waals surface area contributed by atoms with Crippen LogP contribution in [-0.2, 0) is 17.8 Å². The van der Waals surface area contributed by atoms with Crippen molar-refractivity contribution in [2.24, 2.45) is 11.8 Å². The number of hydrogen-bond donors (Lipinski definition) is 2. The van der Waals surface area contributed by atoms with Gasteiger partial charge in [0.25, 0.3) is 0 Å². The van der Waals surface area contributed by atoms with E-state index in [4.69, 9.17) is 0 Å². The van der Waals surface area contributed by atoms with Gasteiger partial charge in [-0.25, -0.2) is 0 Å². The van der Waals surface area contributed by atoms with E-state index in [1.54, 1.807) is 6.20 Å². The van der Waals surface area contributed by atoms with Gasteiger partial charge in [-0.3, -0.25) is 14.7 Å². The van der Waals surface area contributed by atoms with Crippen LogP contribution >= 0.6 is 24.8 Å². The molecule has 0 radical (unpaired) electrons. The van der Waals surface area contributed by atoms with Gasteiger partial charge in [0.15, 0.2) is 0 Å². The number of fused-ring (bicyclic) bond motifs is 2. The van der Waals surface area contributed by atoms with Gasteiger partial charge >= 0.3 is 0 Å². The van der Waals surface area contributed by atoms with E-state index in [1.165, 1.54) is 25.1 Å². The summed E-state index contributed by atoms with van der Waals surface area (Å²) in [5, 5.41) is 6.83. The van der Waals surface area contributed by atoms with Crippen LogP contribution in [-0.4, -0.2) is 48.0 Å². The molecule has 2 fully saturated rings. The Morgan fingerprint density at radius 3 is 2.69 bits per heavy atom. The number of benzene rings is 1. The standard InChI is InChI=1S/C25H34N4O.2ClH/c30-25(27-13-11-20-8-5-12-26-15-20)10-4-9-24-23-14-22(16-28-24)18-29(19-23)17-21-6-2-1-3-7-21;;/h1-3,5-8,12,15,22-24,28H,4,9-11,13-14,16-19H2,(H,27,30);2*1H. The van der Waals surface area contributed by atoms with Gasteiger partial charge < -0.3 is 10.6 Å². The largest absolute Gasteiger partial charge is 0.356 e. The molecule has 3 atom stereocenters. The Morgan fingerprint density at radius 1 is 1.09 bits per heavy atom. The van der Waals surface area contributed by atoms with Gasteiger partial charge in [0.1, 0.15) is 0 Å². The summed E-state index contributed by atoms with van der Waals surface area (Å²) in [4.78, 5) is 18.9. The Morgan fingerprint density at radius 2 is 1.91 bits per heavy atom. The van der Waals surface area contributed by atoms with Crippen molar-refractivity contribution in [1.82, 2.24) is 20.5 Å². The van der Waals surface area contributed by atoms with Crippen molar-refractivity contribution in [2.75, 3.05) is 26.2 Å². The summed E-state index contributed by atoms with van der Waals surface area (Å²) in [6, 6.07) is 15.3. The Balaban J connectivity index is 0.00000181. The fraction of sp³-hybridized carbons (Fsp3) is 0.520. The molecule has 1 aromatic carbocycles. The monoisotopic (exact) mass is 478 g/mol. The lowest BCUT2D eigenvalue weighted by Gasteiger charge is -2.46. The maximum absolute atomic E-state index is 12.2. The average Bonchev–Trinajstić information content (AvgIpc) is 2.77. The molecular formula is C25H36Cl2N4O. The number of aromatic nitrogens is 1. The van der Waals surface area contributed by atoms with Gasteiger partial charge in [0.05, 0.1) is 0 Å². The SMILES string of the molecule is Cl.Cl.O=C(CCCC1NCC2CC1CN(Cc1ccccc1)C2)NCCc1cccnc1. The summed E-state index contributed by atoms with van der Waals surface area (Å²) in [6.45, 7) is 5.22. The highest BCUT2D eigenvalue weighted by Gasteiger charge is 2.35. The van der Waals surface area contributed by atoms with Crippen molar-refractivity contribution in [3.05, 3.63) is 66.0 Å². The first-order valence-corrected chi connectivity index (χ1v) is 11.4. The number of nitrogens with one attached hydrogen (secondary N) is 2. The first-order chi connectivity index (χ1) is 14.8. The smallest absolute Gasteiger partial charge is 0.220 e. The zero-order valence-electron chi connectivity index (χ0n) is 18.6. The quantitative estimate of drug-likeness (QED) is 0.574. The molecule has 2 bridgehead atoms. The van der Waals surface area contributed by atoms with Crippen LogP contribution in [0, 0.1) is 11.8 Å². The summed E-state index contributed by atoms with van der Waals surface area (Å²) < 4.78 is 0. The highest BCUT2D eigenvalue weighted by atomic mass is 35.5. The first-order valence-electron chi connectivity index (χ1n) is 11.4.